The van der Waals surface area contributed by atoms with Crippen molar-refractivity contribution in [1.29, 1.82) is 0 Å². The molecule has 2 N–H and O–H groups in total. The molecule has 1 heterocycles. The molecule has 1 unspecified atom stereocenters. The number of benzene rings is 1. The van der Waals surface area contributed by atoms with E-state index in [1.165, 1.54) is 0 Å². The molecule has 2 rings (SSSR count). The average Bonchev–Trinajstić information content (AvgIpc) is 2.85. The van der Waals surface area contributed by atoms with E-state index in [4.69, 9.17) is 17.3 Å². The van der Waals surface area contributed by atoms with Crippen molar-refractivity contribution in [3.8, 4) is 0 Å². The highest BCUT2D eigenvalue weighted by molar-refractivity contribution is 9.10. The molecule has 0 fully saturated rings. The third-order valence-electron chi connectivity index (χ3n) is 2.97. The Morgan fingerprint density at radius 1 is 1.53 bits per heavy atom. The first-order valence-electron chi connectivity index (χ1n) is 5.84. The van der Waals surface area contributed by atoms with Crippen LogP contribution in [0.2, 0.25) is 5.02 Å². The van der Waals surface area contributed by atoms with Crippen molar-refractivity contribution in [3.05, 3.63) is 49.8 Å². The molecule has 0 aliphatic carbocycles. The van der Waals surface area contributed by atoms with E-state index in [2.05, 4.69) is 25.8 Å². The van der Waals surface area contributed by atoms with E-state index >= 15 is 0 Å². The van der Waals surface area contributed by atoms with Crippen LogP contribution in [0.5, 0.6) is 0 Å². The van der Waals surface area contributed by atoms with Gasteiger partial charge in [-0.3, -0.25) is 4.90 Å². The number of thiazole rings is 1. The molecule has 1 aromatic carbocycles. The van der Waals surface area contributed by atoms with Crippen LogP contribution in [-0.4, -0.2) is 23.5 Å². The summed E-state index contributed by atoms with van der Waals surface area (Å²) in [6, 6.07) is 5.99. The van der Waals surface area contributed by atoms with Gasteiger partial charge in [0.2, 0.25) is 0 Å². The van der Waals surface area contributed by atoms with Crippen molar-refractivity contribution in [2.75, 3.05) is 13.6 Å². The summed E-state index contributed by atoms with van der Waals surface area (Å²) in [4.78, 5) is 6.47. The largest absolute Gasteiger partial charge is 0.329 e. The van der Waals surface area contributed by atoms with Crippen molar-refractivity contribution in [2.45, 2.75) is 12.6 Å². The fraction of sp³-hybridized carbons (Fsp3) is 0.308. The predicted molar refractivity (Wildman–Crippen MR) is 84.5 cm³/mol. The van der Waals surface area contributed by atoms with Gasteiger partial charge in [0.05, 0.1) is 11.2 Å². The van der Waals surface area contributed by atoms with E-state index in [0.717, 1.165) is 27.3 Å². The number of halogens is 2. The lowest BCUT2D eigenvalue weighted by Gasteiger charge is -2.27. The van der Waals surface area contributed by atoms with Crippen LogP contribution in [0.3, 0.4) is 0 Å². The van der Waals surface area contributed by atoms with Gasteiger partial charge in [0.1, 0.15) is 0 Å². The van der Waals surface area contributed by atoms with E-state index in [-0.39, 0.29) is 6.04 Å². The second-order valence-electron chi connectivity index (χ2n) is 4.31. The maximum atomic E-state index is 6.30. The van der Waals surface area contributed by atoms with Crippen LogP contribution in [0.4, 0.5) is 0 Å². The summed E-state index contributed by atoms with van der Waals surface area (Å²) in [5.74, 6) is 0. The van der Waals surface area contributed by atoms with E-state index < -0.39 is 0 Å². The van der Waals surface area contributed by atoms with Crippen molar-refractivity contribution in [3.63, 3.8) is 0 Å². The standard InChI is InChI=1S/C13H15BrClN3S/c1-18(6-10-7-19-8-17-10)13(5-16)11-3-2-9(14)4-12(11)15/h2-4,7-8,13H,5-6,16H2,1H3. The Hall–Kier alpha value is -0.460. The number of nitrogens with zero attached hydrogens (tertiary/aromatic N) is 2. The molecule has 1 aromatic heterocycles. The van der Waals surface area contributed by atoms with Crippen LogP contribution in [0.15, 0.2) is 33.6 Å². The molecule has 3 nitrogen and oxygen atoms in total. The number of hydrogen-bond donors (Lipinski definition) is 1. The molecular weight excluding hydrogens is 346 g/mol. The van der Waals surface area contributed by atoms with Crippen molar-refractivity contribution in [1.82, 2.24) is 9.88 Å². The topological polar surface area (TPSA) is 42.2 Å². The molecule has 0 amide bonds. The zero-order valence-electron chi connectivity index (χ0n) is 10.5. The molecule has 102 valence electrons. The first-order chi connectivity index (χ1) is 9.11. The third-order valence-corrected chi connectivity index (χ3v) is 4.43. The number of hydrogen-bond acceptors (Lipinski definition) is 4. The van der Waals surface area contributed by atoms with Crippen LogP contribution >= 0.6 is 38.9 Å². The zero-order chi connectivity index (χ0) is 13.8. The molecule has 0 bridgehead atoms. The first-order valence-corrected chi connectivity index (χ1v) is 7.95. The van der Waals surface area contributed by atoms with Gasteiger partial charge in [0.15, 0.2) is 0 Å². The highest BCUT2D eigenvalue weighted by Gasteiger charge is 2.19. The maximum Gasteiger partial charge on any atom is 0.0795 e. The summed E-state index contributed by atoms with van der Waals surface area (Å²) >= 11 is 11.3. The molecule has 6 heteroatoms. The molecule has 0 spiro atoms. The maximum absolute atomic E-state index is 6.30. The summed E-state index contributed by atoms with van der Waals surface area (Å²) in [5.41, 5.74) is 9.85. The average molecular weight is 361 g/mol. The molecule has 0 aliphatic rings. The van der Waals surface area contributed by atoms with E-state index in [0.29, 0.717) is 6.54 Å². The minimum absolute atomic E-state index is 0.0855. The monoisotopic (exact) mass is 359 g/mol. The molecule has 0 saturated carbocycles. The summed E-state index contributed by atoms with van der Waals surface area (Å²) in [6.45, 7) is 1.28. The fourth-order valence-corrected chi connectivity index (χ4v) is 3.35. The molecular formula is C13H15BrClN3S. The predicted octanol–water partition coefficient (Wildman–Crippen LogP) is 3.69. The molecule has 1 atom stereocenters. The van der Waals surface area contributed by atoms with Gasteiger partial charge in [-0.2, -0.15) is 0 Å². The van der Waals surface area contributed by atoms with Gasteiger partial charge in [0.25, 0.3) is 0 Å². The van der Waals surface area contributed by atoms with Crippen LogP contribution in [0.25, 0.3) is 0 Å². The van der Waals surface area contributed by atoms with E-state index in [9.17, 15) is 0 Å². The second kappa shape index (κ2) is 6.81. The smallest absolute Gasteiger partial charge is 0.0795 e. The lowest BCUT2D eigenvalue weighted by Crippen LogP contribution is -2.30. The summed E-state index contributed by atoms with van der Waals surface area (Å²) < 4.78 is 0.971. The van der Waals surface area contributed by atoms with Gasteiger partial charge in [-0.15, -0.1) is 11.3 Å². The molecule has 2 aromatic rings. The van der Waals surface area contributed by atoms with E-state index in [1.54, 1.807) is 11.3 Å². The molecule has 0 radical (unpaired) electrons. The Bertz CT molecular complexity index is 533. The fourth-order valence-electron chi connectivity index (χ4n) is 2.00. The van der Waals surface area contributed by atoms with Crippen LogP contribution in [0.1, 0.15) is 17.3 Å². The highest BCUT2D eigenvalue weighted by Crippen LogP contribution is 2.29. The Morgan fingerprint density at radius 3 is 2.89 bits per heavy atom. The normalized spacial score (nSPS) is 12.9. The number of rotatable bonds is 5. The minimum Gasteiger partial charge on any atom is -0.329 e. The molecule has 0 saturated heterocycles. The summed E-state index contributed by atoms with van der Waals surface area (Å²) in [5, 5.41) is 2.78. The van der Waals surface area contributed by atoms with Crippen molar-refractivity contribution >= 4 is 38.9 Å². The Kier molecular flexibility index (Phi) is 5.36. The van der Waals surface area contributed by atoms with Gasteiger partial charge >= 0.3 is 0 Å². The van der Waals surface area contributed by atoms with Gasteiger partial charge in [-0.1, -0.05) is 33.6 Å². The van der Waals surface area contributed by atoms with Crippen molar-refractivity contribution < 1.29 is 0 Å². The lowest BCUT2D eigenvalue weighted by molar-refractivity contribution is 0.239. The Labute approximate surface area is 130 Å². The zero-order valence-corrected chi connectivity index (χ0v) is 13.7. The SMILES string of the molecule is CN(Cc1cscn1)C(CN)c1ccc(Br)cc1Cl. The summed E-state index contributed by atoms with van der Waals surface area (Å²) in [6.07, 6.45) is 0. The molecule has 19 heavy (non-hydrogen) atoms. The number of aromatic nitrogens is 1. The van der Waals surface area contributed by atoms with Crippen LogP contribution in [0, 0.1) is 0 Å². The van der Waals surface area contributed by atoms with Gasteiger partial charge < -0.3 is 5.73 Å². The third kappa shape index (κ3) is 3.77. The van der Waals surface area contributed by atoms with Gasteiger partial charge in [0, 0.05) is 34.0 Å². The van der Waals surface area contributed by atoms with Gasteiger partial charge in [-0.05, 0) is 24.7 Å². The Morgan fingerprint density at radius 2 is 2.32 bits per heavy atom. The van der Waals surface area contributed by atoms with Crippen LogP contribution < -0.4 is 5.73 Å². The second-order valence-corrected chi connectivity index (χ2v) is 6.35. The number of nitrogens with two attached hydrogens (primary N) is 1. The molecule has 0 aliphatic heterocycles. The van der Waals surface area contributed by atoms with Crippen LogP contribution in [-0.2, 0) is 6.54 Å². The highest BCUT2D eigenvalue weighted by atomic mass is 79.9. The quantitative estimate of drug-likeness (QED) is 0.884. The lowest BCUT2D eigenvalue weighted by atomic mass is 10.1. The minimum atomic E-state index is 0.0855. The number of likely N-dealkylation sites (N-methyl/N-ethyl adjacent to an activating group) is 1. The summed E-state index contributed by atoms with van der Waals surface area (Å²) in [7, 11) is 2.04. The Balaban J connectivity index is 2.18. The van der Waals surface area contributed by atoms with Crippen molar-refractivity contribution in [2.24, 2.45) is 5.73 Å². The van der Waals surface area contributed by atoms with Gasteiger partial charge in [-0.25, -0.2) is 4.98 Å². The van der Waals surface area contributed by atoms with E-state index in [1.807, 2.05) is 36.1 Å². The first kappa shape index (κ1) is 14.9.